The second kappa shape index (κ2) is 4.25. The van der Waals surface area contributed by atoms with Crippen LogP contribution in [0.5, 0.6) is 0 Å². The second-order valence-electron chi connectivity index (χ2n) is 5.51. The van der Waals surface area contributed by atoms with Crippen molar-refractivity contribution in [2.24, 2.45) is 5.41 Å². The number of ether oxygens (including phenoxy) is 1. The van der Waals surface area contributed by atoms with Crippen LogP contribution in [0.2, 0.25) is 0 Å². The molecule has 0 bridgehead atoms. The number of benzene rings is 1. The van der Waals surface area contributed by atoms with E-state index in [4.69, 9.17) is 4.74 Å². The molecule has 0 saturated carbocycles. The lowest BCUT2D eigenvalue weighted by Crippen LogP contribution is -2.47. The van der Waals surface area contributed by atoms with Crippen molar-refractivity contribution in [2.75, 3.05) is 31.7 Å². The highest BCUT2D eigenvalue weighted by atomic mass is 16.5. The van der Waals surface area contributed by atoms with Crippen LogP contribution in [-0.4, -0.2) is 31.8 Å². The van der Waals surface area contributed by atoms with Gasteiger partial charge < -0.3 is 9.64 Å². The lowest BCUT2D eigenvalue weighted by molar-refractivity contribution is -0.0951. The first kappa shape index (κ1) is 11.5. The van der Waals surface area contributed by atoms with E-state index in [9.17, 15) is 0 Å². The third-order valence-electron chi connectivity index (χ3n) is 3.56. The summed E-state index contributed by atoms with van der Waals surface area (Å²) in [4.78, 5) is 6.72. The molecule has 1 aliphatic heterocycles. The van der Waals surface area contributed by atoms with Crippen molar-refractivity contribution >= 4 is 16.6 Å². The Morgan fingerprint density at radius 2 is 2.06 bits per heavy atom. The molecule has 0 amide bonds. The highest BCUT2D eigenvalue weighted by Gasteiger charge is 2.34. The van der Waals surface area contributed by atoms with Gasteiger partial charge in [0.1, 0.15) is 0 Å². The van der Waals surface area contributed by atoms with Crippen LogP contribution in [0.1, 0.15) is 6.92 Å². The molecule has 0 spiro atoms. The van der Waals surface area contributed by atoms with Gasteiger partial charge in [0.25, 0.3) is 0 Å². The smallest absolute Gasteiger partial charge is 0.0722 e. The van der Waals surface area contributed by atoms with E-state index in [1.165, 1.54) is 11.1 Å². The molecule has 1 aliphatic rings. The molecule has 0 unspecified atom stereocenters. The Labute approximate surface area is 107 Å². The fraction of sp³-hybridized carbons (Fsp3) is 0.400. The summed E-state index contributed by atoms with van der Waals surface area (Å²) in [5.74, 6) is 0. The minimum Gasteiger partial charge on any atom is -0.380 e. The summed E-state index contributed by atoms with van der Waals surface area (Å²) in [5, 5.41) is 1.21. The standard InChI is InChI=1S/C15H18N2O/c1-15(10-18-11-15)9-17(2)14-7-8-16-13-6-4-3-5-12(13)14/h3-8H,9-11H2,1-2H3. The molecule has 0 radical (unpaired) electrons. The summed E-state index contributed by atoms with van der Waals surface area (Å²) in [6.45, 7) is 5.01. The number of anilines is 1. The molecule has 1 aromatic heterocycles. The molecule has 3 rings (SSSR count). The molecule has 1 fully saturated rings. The topological polar surface area (TPSA) is 25.4 Å². The second-order valence-corrected chi connectivity index (χ2v) is 5.51. The fourth-order valence-corrected chi connectivity index (χ4v) is 2.61. The van der Waals surface area contributed by atoms with Gasteiger partial charge in [0.15, 0.2) is 0 Å². The monoisotopic (exact) mass is 242 g/mol. The molecule has 2 heterocycles. The van der Waals surface area contributed by atoms with E-state index in [1.807, 2.05) is 12.3 Å². The van der Waals surface area contributed by atoms with Crippen LogP contribution in [0, 0.1) is 5.41 Å². The van der Waals surface area contributed by atoms with Crippen LogP contribution >= 0.6 is 0 Å². The lowest BCUT2D eigenvalue weighted by Gasteiger charge is -2.41. The normalized spacial score (nSPS) is 17.4. The summed E-state index contributed by atoms with van der Waals surface area (Å²) in [7, 11) is 2.14. The first-order valence-corrected chi connectivity index (χ1v) is 6.31. The minimum absolute atomic E-state index is 0.291. The van der Waals surface area contributed by atoms with Crippen molar-refractivity contribution in [1.29, 1.82) is 0 Å². The zero-order valence-electron chi connectivity index (χ0n) is 10.9. The van der Waals surface area contributed by atoms with E-state index in [1.54, 1.807) is 0 Å². The molecule has 3 heteroatoms. The highest BCUT2D eigenvalue weighted by Crippen LogP contribution is 2.31. The molecule has 3 nitrogen and oxygen atoms in total. The third kappa shape index (κ3) is 1.95. The summed E-state index contributed by atoms with van der Waals surface area (Å²) in [5.41, 5.74) is 2.59. The fourth-order valence-electron chi connectivity index (χ4n) is 2.61. The number of rotatable bonds is 3. The predicted molar refractivity (Wildman–Crippen MR) is 73.9 cm³/mol. The highest BCUT2D eigenvalue weighted by molar-refractivity contribution is 5.91. The van der Waals surface area contributed by atoms with Gasteiger partial charge >= 0.3 is 0 Å². The average Bonchev–Trinajstić information content (AvgIpc) is 2.36. The Morgan fingerprint density at radius 1 is 1.28 bits per heavy atom. The Balaban J connectivity index is 1.93. The van der Waals surface area contributed by atoms with Gasteiger partial charge in [-0.2, -0.15) is 0 Å². The number of fused-ring (bicyclic) bond motifs is 1. The molecular weight excluding hydrogens is 224 g/mol. The molecule has 1 aromatic carbocycles. The summed E-state index contributed by atoms with van der Waals surface area (Å²) < 4.78 is 5.32. The summed E-state index contributed by atoms with van der Waals surface area (Å²) in [6, 6.07) is 10.4. The SMILES string of the molecule is CN(CC1(C)COC1)c1ccnc2ccccc12. The van der Waals surface area contributed by atoms with E-state index in [0.29, 0.717) is 5.41 Å². The van der Waals surface area contributed by atoms with Gasteiger partial charge in [-0.15, -0.1) is 0 Å². The van der Waals surface area contributed by atoms with Crippen LogP contribution in [0.25, 0.3) is 10.9 Å². The predicted octanol–water partition coefficient (Wildman–Crippen LogP) is 2.71. The van der Waals surface area contributed by atoms with Crippen LogP contribution < -0.4 is 4.90 Å². The maximum Gasteiger partial charge on any atom is 0.0722 e. The molecule has 2 aromatic rings. The maximum absolute atomic E-state index is 5.32. The Hall–Kier alpha value is -1.61. The van der Waals surface area contributed by atoms with Crippen molar-refractivity contribution in [3.63, 3.8) is 0 Å². The van der Waals surface area contributed by atoms with E-state index in [-0.39, 0.29) is 0 Å². The molecule has 0 atom stereocenters. The average molecular weight is 242 g/mol. The number of pyridine rings is 1. The van der Waals surface area contributed by atoms with Gasteiger partial charge in [-0.3, -0.25) is 4.98 Å². The van der Waals surface area contributed by atoms with Gasteiger partial charge in [-0.25, -0.2) is 0 Å². The molecular formula is C15H18N2O. The number of aromatic nitrogens is 1. The molecule has 18 heavy (non-hydrogen) atoms. The van der Waals surface area contributed by atoms with E-state index < -0.39 is 0 Å². The number of para-hydroxylation sites is 1. The summed E-state index contributed by atoms with van der Waals surface area (Å²) >= 11 is 0. The molecule has 0 aliphatic carbocycles. The minimum atomic E-state index is 0.291. The van der Waals surface area contributed by atoms with Crippen LogP contribution in [-0.2, 0) is 4.74 Å². The van der Waals surface area contributed by atoms with Crippen LogP contribution in [0.15, 0.2) is 36.5 Å². The quantitative estimate of drug-likeness (QED) is 0.827. The van der Waals surface area contributed by atoms with Gasteiger partial charge in [-0.05, 0) is 12.1 Å². The summed E-state index contributed by atoms with van der Waals surface area (Å²) in [6.07, 6.45) is 1.88. The van der Waals surface area contributed by atoms with Crippen molar-refractivity contribution in [3.05, 3.63) is 36.5 Å². The van der Waals surface area contributed by atoms with Gasteiger partial charge in [0.2, 0.25) is 0 Å². The zero-order chi connectivity index (χ0) is 12.6. The van der Waals surface area contributed by atoms with Crippen LogP contribution in [0.4, 0.5) is 5.69 Å². The molecule has 1 saturated heterocycles. The van der Waals surface area contributed by atoms with Gasteiger partial charge in [-0.1, -0.05) is 25.1 Å². The number of nitrogens with zero attached hydrogens (tertiary/aromatic N) is 2. The van der Waals surface area contributed by atoms with Gasteiger partial charge in [0, 0.05) is 36.3 Å². The van der Waals surface area contributed by atoms with Crippen molar-refractivity contribution in [2.45, 2.75) is 6.92 Å². The molecule has 0 N–H and O–H groups in total. The lowest BCUT2D eigenvalue weighted by atomic mass is 9.88. The molecule has 94 valence electrons. The van der Waals surface area contributed by atoms with Crippen molar-refractivity contribution in [1.82, 2.24) is 4.98 Å². The third-order valence-corrected chi connectivity index (χ3v) is 3.56. The van der Waals surface area contributed by atoms with E-state index >= 15 is 0 Å². The van der Waals surface area contributed by atoms with E-state index in [2.05, 4.69) is 48.1 Å². The number of hydrogen-bond acceptors (Lipinski definition) is 3. The number of hydrogen-bond donors (Lipinski definition) is 0. The van der Waals surface area contributed by atoms with Crippen LogP contribution in [0.3, 0.4) is 0 Å². The van der Waals surface area contributed by atoms with Crippen molar-refractivity contribution in [3.8, 4) is 0 Å². The van der Waals surface area contributed by atoms with Crippen molar-refractivity contribution < 1.29 is 4.74 Å². The Morgan fingerprint density at radius 3 is 2.78 bits per heavy atom. The maximum atomic E-state index is 5.32. The Kier molecular flexibility index (Phi) is 2.71. The zero-order valence-corrected chi connectivity index (χ0v) is 10.9. The van der Waals surface area contributed by atoms with E-state index in [0.717, 1.165) is 25.3 Å². The Bertz CT molecular complexity index is 558. The first-order valence-electron chi connectivity index (χ1n) is 6.31. The van der Waals surface area contributed by atoms with Gasteiger partial charge in [0.05, 0.1) is 18.7 Å². The largest absolute Gasteiger partial charge is 0.380 e. The first-order chi connectivity index (χ1) is 8.68.